The minimum Gasteiger partial charge on any atom is -0.312 e. The van der Waals surface area contributed by atoms with E-state index in [1.54, 1.807) is 6.07 Å². The summed E-state index contributed by atoms with van der Waals surface area (Å²) in [5, 5.41) is 0. The molecule has 0 unspecified atom stereocenters. The number of hydrogen-bond acceptors (Lipinski definition) is 1. The summed E-state index contributed by atoms with van der Waals surface area (Å²) in [5.74, 6) is 0. The Morgan fingerprint density at radius 1 is 1.25 bits per heavy atom. The molecule has 0 amide bonds. The Balaban J connectivity index is 0.000000606. The smallest absolute Gasteiger partial charge is 0.251 e. The molecule has 90 valence electrons. The van der Waals surface area contributed by atoms with Gasteiger partial charge in [0.15, 0.2) is 0 Å². The van der Waals surface area contributed by atoms with Crippen LogP contribution in [0, 0.1) is 0 Å². The number of rotatable bonds is 1. The summed E-state index contributed by atoms with van der Waals surface area (Å²) in [6.07, 6.45) is 4.27. The molecule has 0 saturated heterocycles. The zero-order valence-electron chi connectivity index (χ0n) is 11.1. The van der Waals surface area contributed by atoms with E-state index < -0.39 is 0 Å². The third-order valence-corrected chi connectivity index (χ3v) is 2.75. The lowest BCUT2D eigenvalue weighted by Gasteiger charge is -2.19. The third-order valence-electron chi connectivity index (χ3n) is 2.75. The normalized spacial score (nSPS) is 15.3. The van der Waals surface area contributed by atoms with Crippen LogP contribution in [0.25, 0.3) is 0 Å². The van der Waals surface area contributed by atoms with Crippen LogP contribution in [0.2, 0.25) is 0 Å². The minimum absolute atomic E-state index is 0.0712. The minimum atomic E-state index is 0.0712. The highest BCUT2D eigenvalue weighted by atomic mass is 16.1. The summed E-state index contributed by atoms with van der Waals surface area (Å²) >= 11 is 0. The molecule has 0 spiro atoms. The Hall–Kier alpha value is -1.05. The van der Waals surface area contributed by atoms with Gasteiger partial charge in [0.25, 0.3) is 5.56 Å². The summed E-state index contributed by atoms with van der Waals surface area (Å²) in [5.41, 5.74) is 1.35. The van der Waals surface area contributed by atoms with Crippen LogP contribution in [-0.2, 0) is 5.41 Å². The molecule has 0 aliphatic heterocycles. The van der Waals surface area contributed by atoms with Gasteiger partial charge in [-0.15, -0.1) is 0 Å². The molecule has 1 heterocycles. The van der Waals surface area contributed by atoms with Crippen molar-refractivity contribution in [2.24, 2.45) is 0 Å². The van der Waals surface area contributed by atoms with Crippen molar-refractivity contribution in [3.8, 4) is 0 Å². The molecular formula is C14H23NO. The number of pyridine rings is 1. The predicted octanol–water partition coefficient (Wildman–Crippen LogP) is 3.51. The summed E-state index contributed by atoms with van der Waals surface area (Å²) < 4.78 is 1.86. The molecule has 2 nitrogen and oxygen atoms in total. The van der Waals surface area contributed by atoms with Gasteiger partial charge in [-0.2, -0.15) is 0 Å². The highest BCUT2D eigenvalue weighted by molar-refractivity contribution is 5.20. The Morgan fingerprint density at radius 3 is 2.19 bits per heavy atom. The maximum Gasteiger partial charge on any atom is 0.251 e. The standard InChI is InChI=1S/C12H17NO.C2H6/c1-12(2,3)9-6-7-13(10-4-5-10)11(14)8-9;1-2/h6-8,10H,4-5H2,1-3H3;1-2H3. The van der Waals surface area contributed by atoms with Crippen LogP contribution < -0.4 is 5.56 Å². The van der Waals surface area contributed by atoms with Crippen LogP contribution in [0.3, 0.4) is 0 Å². The van der Waals surface area contributed by atoms with Gasteiger partial charge >= 0.3 is 0 Å². The highest BCUT2D eigenvalue weighted by Gasteiger charge is 2.24. The zero-order chi connectivity index (χ0) is 12.3. The fraction of sp³-hybridized carbons (Fsp3) is 0.643. The van der Waals surface area contributed by atoms with Crippen LogP contribution >= 0.6 is 0 Å². The fourth-order valence-electron chi connectivity index (χ4n) is 1.61. The molecule has 2 rings (SSSR count). The first kappa shape index (κ1) is 13.0. The molecule has 1 aromatic heterocycles. The van der Waals surface area contributed by atoms with Gasteiger partial charge in [0.1, 0.15) is 0 Å². The first-order chi connectivity index (χ1) is 7.48. The molecule has 1 saturated carbocycles. The zero-order valence-corrected chi connectivity index (χ0v) is 11.1. The van der Waals surface area contributed by atoms with Crippen molar-refractivity contribution < 1.29 is 0 Å². The van der Waals surface area contributed by atoms with Crippen LogP contribution in [-0.4, -0.2) is 4.57 Å². The molecule has 1 aliphatic rings. The Kier molecular flexibility index (Phi) is 3.95. The molecule has 0 aromatic carbocycles. The summed E-state index contributed by atoms with van der Waals surface area (Å²) in [4.78, 5) is 11.7. The van der Waals surface area contributed by atoms with Gasteiger partial charge in [-0.1, -0.05) is 34.6 Å². The van der Waals surface area contributed by atoms with E-state index in [0.717, 1.165) is 18.4 Å². The van der Waals surface area contributed by atoms with Crippen molar-refractivity contribution in [3.05, 3.63) is 34.2 Å². The fourth-order valence-corrected chi connectivity index (χ4v) is 1.61. The first-order valence-corrected chi connectivity index (χ1v) is 6.21. The van der Waals surface area contributed by atoms with E-state index >= 15 is 0 Å². The van der Waals surface area contributed by atoms with Gasteiger partial charge in [-0.05, 0) is 29.9 Å². The van der Waals surface area contributed by atoms with Gasteiger partial charge in [0.2, 0.25) is 0 Å². The first-order valence-electron chi connectivity index (χ1n) is 6.21. The topological polar surface area (TPSA) is 22.0 Å². The van der Waals surface area contributed by atoms with E-state index in [4.69, 9.17) is 0 Å². The molecular weight excluding hydrogens is 198 g/mol. The lowest BCUT2D eigenvalue weighted by atomic mass is 9.88. The third kappa shape index (κ3) is 2.97. The van der Waals surface area contributed by atoms with Crippen LogP contribution in [0.5, 0.6) is 0 Å². The van der Waals surface area contributed by atoms with Gasteiger partial charge < -0.3 is 4.57 Å². The molecule has 1 aromatic rings. The Morgan fingerprint density at radius 2 is 1.81 bits per heavy atom. The SMILES string of the molecule is CC.CC(C)(C)c1ccn(C2CC2)c(=O)c1. The molecule has 0 bridgehead atoms. The second-order valence-electron chi connectivity index (χ2n) is 5.14. The maximum absolute atomic E-state index is 11.7. The van der Waals surface area contributed by atoms with Crippen LogP contribution in [0.15, 0.2) is 23.1 Å². The monoisotopic (exact) mass is 221 g/mol. The van der Waals surface area contributed by atoms with Gasteiger partial charge in [-0.25, -0.2) is 0 Å². The quantitative estimate of drug-likeness (QED) is 0.711. The lowest BCUT2D eigenvalue weighted by molar-refractivity contribution is 0.581. The van der Waals surface area contributed by atoms with E-state index in [-0.39, 0.29) is 11.0 Å². The van der Waals surface area contributed by atoms with Gasteiger partial charge in [0.05, 0.1) is 0 Å². The van der Waals surface area contributed by atoms with Crippen molar-refractivity contribution in [1.29, 1.82) is 0 Å². The van der Waals surface area contributed by atoms with Crippen molar-refractivity contribution >= 4 is 0 Å². The average molecular weight is 221 g/mol. The van der Waals surface area contributed by atoms with Crippen LogP contribution in [0.1, 0.15) is 59.1 Å². The van der Waals surface area contributed by atoms with Gasteiger partial charge in [-0.3, -0.25) is 4.79 Å². The van der Waals surface area contributed by atoms with Crippen LogP contribution in [0.4, 0.5) is 0 Å². The van der Waals surface area contributed by atoms with E-state index in [1.165, 1.54) is 0 Å². The van der Waals surface area contributed by atoms with Crippen molar-refractivity contribution in [1.82, 2.24) is 4.57 Å². The average Bonchev–Trinajstić information content (AvgIpc) is 3.03. The molecule has 0 radical (unpaired) electrons. The van der Waals surface area contributed by atoms with E-state index in [9.17, 15) is 4.79 Å². The molecule has 2 heteroatoms. The van der Waals surface area contributed by atoms with Crippen molar-refractivity contribution in [3.63, 3.8) is 0 Å². The predicted molar refractivity (Wildman–Crippen MR) is 69.0 cm³/mol. The largest absolute Gasteiger partial charge is 0.312 e. The maximum atomic E-state index is 11.7. The summed E-state index contributed by atoms with van der Waals surface area (Å²) in [6.45, 7) is 10.4. The lowest BCUT2D eigenvalue weighted by Crippen LogP contribution is -2.22. The number of hydrogen-bond donors (Lipinski definition) is 0. The Bertz CT molecular complexity index is 394. The van der Waals surface area contributed by atoms with E-state index in [2.05, 4.69) is 26.8 Å². The Labute approximate surface area is 98.3 Å². The van der Waals surface area contributed by atoms with E-state index in [0.29, 0.717) is 6.04 Å². The second-order valence-corrected chi connectivity index (χ2v) is 5.14. The van der Waals surface area contributed by atoms with E-state index in [1.807, 2.05) is 24.6 Å². The number of aromatic nitrogens is 1. The van der Waals surface area contributed by atoms with Crippen molar-refractivity contribution in [2.45, 2.75) is 58.9 Å². The molecule has 1 fully saturated rings. The van der Waals surface area contributed by atoms with Crippen molar-refractivity contribution in [2.75, 3.05) is 0 Å². The molecule has 0 N–H and O–H groups in total. The molecule has 0 atom stereocenters. The molecule has 16 heavy (non-hydrogen) atoms. The summed E-state index contributed by atoms with van der Waals surface area (Å²) in [6, 6.07) is 4.33. The number of nitrogens with zero attached hydrogens (tertiary/aromatic N) is 1. The van der Waals surface area contributed by atoms with Gasteiger partial charge in [0, 0.05) is 18.3 Å². The highest BCUT2D eigenvalue weighted by Crippen LogP contribution is 2.33. The molecule has 1 aliphatic carbocycles. The second kappa shape index (κ2) is 4.86. The summed E-state index contributed by atoms with van der Waals surface area (Å²) in [7, 11) is 0.